The van der Waals surface area contributed by atoms with E-state index >= 15 is 0 Å². The van der Waals surface area contributed by atoms with Gasteiger partial charge in [0.1, 0.15) is 41.7 Å². The number of aliphatic hydroxyl groups excluding tert-OH is 3. The van der Waals surface area contributed by atoms with E-state index in [2.05, 4.69) is 0 Å². The summed E-state index contributed by atoms with van der Waals surface area (Å²) in [5, 5.41) is 39.5. The largest absolute Gasteiger partial charge is 0.508 e. The van der Waals surface area contributed by atoms with E-state index in [-0.39, 0.29) is 22.5 Å². The smallest absolute Gasteiger partial charge is 0.229 e. The van der Waals surface area contributed by atoms with Gasteiger partial charge in [-0.1, -0.05) is 12.1 Å². The monoisotopic (exact) mass is 400 g/mol. The fraction of sp³-hybridized carbons (Fsp3) is 0.286. The summed E-state index contributed by atoms with van der Waals surface area (Å²) in [4.78, 5) is 12.8. The molecule has 1 saturated heterocycles. The zero-order chi connectivity index (χ0) is 20.7. The topological polar surface area (TPSA) is 130 Å². The standard InChI is InChI=1S/C21H20O8/c1-10-17(23)19(25)20(26)21(28-10)29-13-6-7-14-16(8-13)27-9-15(18(14)24)11-2-4-12(22)5-3-11/h2-10,17,19-23,25-26H,1H3/t10-,17-,19+,20+,21+/m0/s1. The molecule has 8 nitrogen and oxygen atoms in total. The molecule has 1 aliphatic rings. The molecule has 0 unspecified atom stereocenters. The van der Waals surface area contributed by atoms with E-state index in [1.165, 1.54) is 36.6 Å². The number of rotatable bonds is 3. The summed E-state index contributed by atoms with van der Waals surface area (Å²) in [5.41, 5.74) is 0.987. The van der Waals surface area contributed by atoms with Crippen molar-refractivity contribution in [3.05, 3.63) is 59.0 Å². The van der Waals surface area contributed by atoms with Crippen LogP contribution in [0.4, 0.5) is 0 Å². The van der Waals surface area contributed by atoms with Crippen LogP contribution in [0.25, 0.3) is 22.1 Å². The summed E-state index contributed by atoms with van der Waals surface area (Å²) in [7, 11) is 0. The predicted octanol–water partition coefficient (Wildman–Crippen LogP) is 1.37. The number of hydrogen-bond donors (Lipinski definition) is 4. The summed E-state index contributed by atoms with van der Waals surface area (Å²) in [6, 6.07) is 10.7. The predicted molar refractivity (Wildman–Crippen MR) is 103 cm³/mol. The summed E-state index contributed by atoms with van der Waals surface area (Å²) in [5.74, 6) is 0.359. The molecule has 0 radical (unpaired) electrons. The van der Waals surface area contributed by atoms with Gasteiger partial charge in [0.05, 0.1) is 17.1 Å². The van der Waals surface area contributed by atoms with Gasteiger partial charge in [0.25, 0.3) is 0 Å². The number of hydrogen-bond acceptors (Lipinski definition) is 8. The molecule has 4 N–H and O–H groups in total. The molecule has 0 spiro atoms. The lowest BCUT2D eigenvalue weighted by Gasteiger charge is -2.38. The van der Waals surface area contributed by atoms with Crippen LogP contribution in [0.5, 0.6) is 11.5 Å². The van der Waals surface area contributed by atoms with Crippen LogP contribution >= 0.6 is 0 Å². The Kier molecular flexibility index (Phi) is 5.01. The van der Waals surface area contributed by atoms with Gasteiger partial charge in [-0.2, -0.15) is 0 Å². The third-order valence-corrected chi connectivity index (χ3v) is 4.99. The van der Waals surface area contributed by atoms with Crippen LogP contribution in [0.3, 0.4) is 0 Å². The average Bonchev–Trinajstić information content (AvgIpc) is 2.71. The van der Waals surface area contributed by atoms with Crippen molar-refractivity contribution in [2.24, 2.45) is 0 Å². The maximum Gasteiger partial charge on any atom is 0.229 e. The Balaban J connectivity index is 1.63. The van der Waals surface area contributed by atoms with Crippen molar-refractivity contribution < 1.29 is 34.3 Å². The molecule has 0 aliphatic carbocycles. The average molecular weight is 400 g/mol. The first kappa shape index (κ1) is 19.4. The summed E-state index contributed by atoms with van der Waals surface area (Å²) < 4.78 is 16.6. The van der Waals surface area contributed by atoms with Gasteiger partial charge in [-0.05, 0) is 36.8 Å². The minimum atomic E-state index is -1.44. The maximum absolute atomic E-state index is 12.8. The van der Waals surface area contributed by atoms with Crippen molar-refractivity contribution in [1.29, 1.82) is 0 Å². The zero-order valence-corrected chi connectivity index (χ0v) is 15.4. The van der Waals surface area contributed by atoms with Gasteiger partial charge in [0.15, 0.2) is 5.43 Å². The molecule has 3 aromatic rings. The van der Waals surface area contributed by atoms with Gasteiger partial charge in [0, 0.05) is 6.07 Å². The second-order valence-electron chi connectivity index (χ2n) is 6.98. The number of benzene rings is 2. The highest BCUT2D eigenvalue weighted by Crippen LogP contribution is 2.27. The van der Waals surface area contributed by atoms with Gasteiger partial charge in [-0.3, -0.25) is 4.79 Å². The fourth-order valence-corrected chi connectivity index (χ4v) is 3.27. The molecule has 8 heteroatoms. The van der Waals surface area contributed by atoms with Gasteiger partial charge < -0.3 is 34.3 Å². The highest BCUT2D eigenvalue weighted by molar-refractivity contribution is 5.82. The van der Waals surface area contributed by atoms with Gasteiger partial charge in [-0.15, -0.1) is 0 Å². The van der Waals surface area contributed by atoms with Gasteiger partial charge in [-0.25, -0.2) is 0 Å². The zero-order valence-electron chi connectivity index (χ0n) is 15.4. The molecule has 0 saturated carbocycles. The van der Waals surface area contributed by atoms with Crippen molar-refractivity contribution in [2.45, 2.75) is 37.6 Å². The third-order valence-electron chi connectivity index (χ3n) is 4.99. The molecule has 0 bridgehead atoms. The molecule has 29 heavy (non-hydrogen) atoms. The normalized spacial score (nSPS) is 27.1. The van der Waals surface area contributed by atoms with E-state index in [4.69, 9.17) is 13.9 Å². The molecule has 5 atom stereocenters. The first-order chi connectivity index (χ1) is 13.8. The second-order valence-corrected chi connectivity index (χ2v) is 6.98. The van der Waals surface area contributed by atoms with Crippen molar-refractivity contribution in [3.63, 3.8) is 0 Å². The van der Waals surface area contributed by atoms with Crippen LogP contribution in [0.2, 0.25) is 0 Å². The summed E-state index contributed by atoms with van der Waals surface area (Å²) in [6.45, 7) is 1.56. The molecule has 1 aromatic heterocycles. The van der Waals surface area contributed by atoms with Crippen LogP contribution in [0.15, 0.2) is 57.9 Å². The fourth-order valence-electron chi connectivity index (χ4n) is 3.27. The lowest BCUT2D eigenvalue weighted by Crippen LogP contribution is -2.58. The Hall–Kier alpha value is -2.91. The molecule has 1 aliphatic heterocycles. The molecule has 0 amide bonds. The van der Waals surface area contributed by atoms with Crippen LogP contribution in [-0.2, 0) is 4.74 Å². The van der Waals surface area contributed by atoms with Crippen LogP contribution in [0.1, 0.15) is 6.92 Å². The third kappa shape index (κ3) is 3.58. The number of aromatic hydroxyl groups is 1. The van der Waals surface area contributed by atoms with Crippen LogP contribution in [0, 0.1) is 0 Å². The van der Waals surface area contributed by atoms with Gasteiger partial charge >= 0.3 is 0 Å². The van der Waals surface area contributed by atoms with Crippen LogP contribution < -0.4 is 10.2 Å². The Labute approximate surface area is 165 Å². The van der Waals surface area contributed by atoms with Crippen LogP contribution in [-0.4, -0.2) is 51.1 Å². The van der Waals surface area contributed by atoms with E-state index in [9.17, 15) is 25.2 Å². The highest BCUT2D eigenvalue weighted by atomic mass is 16.7. The number of ether oxygens (including phenoxy) is 2. The maximum atomic E-state index is 12.8. The van der Waals surface area contributed by atoms with E-state index in [1.807, 2.05) is 0 Å². The van der Waals surface area contributed by atoms with E-state index in [1.54, 1.807) is 19.1 Å². The molecular formula is C21H20O8. The Morgan fingerprint density at radius 3 is 2.41 bits per heavy atom. The Morgan fingerprint density at radius 2 is 1.69 bits per heavy atom. The van der Waals surface area contributed by atoms with Crippen molar-refractivity contribution in [2.75, 3.05) is 0 Å². The van der Waals surface area contributed by atoms with E-state index in [0.29, 0.717) is 16.5 Å². The van der Waals surface area contributed by atoms with E-state index < -0.39 is 30.7 Å². The van der Waals surface area contributed by atoms with Gasteiger partial charge in [0.2, 0.25) is 6.29 Å². The molecule has 152 valence electrons. The van der Waals surface area contributed by atoms with Crippen molar-refractivity contribution in [3.8, 4) is 22.6 Å². The molecule has 1 fully saturated rings. The second kappa shape index (κ2) is 7.49. The minimum absolute atomic E-state index is 0.0970. The van der Waals surface area contributed by atoms with Crippen molar-refractivity contribution in [1.82, 2.24) is 0 Å². The number of fused-ring (bicyclic) bond motifs is 1. The molecule has 4 rings (SSSR count). The number of aliphatic hydroxyl groups is 3. The number of phenolic OH excluding ortho intramolecular Hbond substituents is 1. The molecule has 2 heterocycles. The SMILES string of the molecule is C[C@@H]1O[C@H](Oc2ccc3c(=O)c(-c4ccc(O)cc4)coc3c2)[C@H](O)[C@H](O)[C@H]1O. The highest BCUT2D eigenvalue weighted by Gasteiger charge is 2.43. The Morgan fingerprint density at radius 1 is 0.966 bits per heavy atom. The lowest BCUT2D eigenvalue weighted by atomic mass is 10.00. The Bertz CT molecular complexity index is 1070. The minimum Gasteiger partial charge on any atom is -0.508 e. The first-order valence-electron chi connectivity index (χ1n) is 9.06. The molecular weight excluding hydrogens is 380 g/mol. The quantitative estimate of drug-likeness (QED) is 0.519. The van der Waals surface area contributed by atoms with E-state index in [0.717, 1.165) is 0 Å². The lowest BCUT2D eigenvalue weighted by molar-refractivity contribution is -0.268. The summed E-state index contributed by atoms with van der Waals surface area (Å²) >= 11 is 0. The van der Waals surface area contributed by atoms with Crippen molar-refractivity contribution >= 4 is 11.0 Å². The summed E-state index contributed by atoms with van der Waals surface area (Å²) in [6.07, 6.45) is -4.67. The number of phenols is 1. The first-order valence-corrected chi connectivity index (χ1v) is 9.06. The molecule has 2 aromatic carbocycles.